The Hall–Kier alpha value is -9.38. The summed E-state index contributed by atoms with van der Waals surface area (Å²) in [5, 5.41) is 64.8. The van der Waals surface area contributed by atoms with Crippen molar-refractivity contribution >= 4 is 52.0 Å². The third-order valence-electron chi connectivity index (χ3n) is 15.7. The van der Waals surface area contributed by atoms with Crippen LogP contribution in [0.2, 0.25) is 0 Å². The first-order valence-electron chi connectivity index (χ1n) is 27.9. The Morgan fingerprint density at radius 3 is 1.90 bits per heavy atom. The van der Waals surface area contributed by atoms with Crippen LogP contribution in [0.15, 0.2) is 187 Å². The van der Waals surface area contributed by atoms with E-state index < -0.39 is 72.8 Å². The van der Waals surface area contributed by atoms with Crippen molar-refractivity contribution in [3.8, 4) is 5.75 Å². The number of para-hydroxylation sites is 4. The molecule has 0 radical (unpaired) electrons. The zero-order chi connectivity index (χ0) is 58.0. The molecular weight excluding hydrogens is 1070 g/mol. The van der Waals surface area contributed by atoms with Crippen molar-refractivity contribution in [3.63, 3.8) is 0 Å². The summed E-state index contributed by atoms with van der Waals surface area (Å²) < 4.78 is 27.7. The summed E-state index contributed by atoms with van der Waals surface area (Å²) in [7, 11) is 1.52. The van der Waals surface area contributed by atoms with E-state index >= 15 is 0 Å². The summed E-state index contributed by atoms with van der Waals surface area (Å²) in [6.45, 7) is -0.829. The van der Waals surface area contributed by atoms with Crippen LogP contribution in [0.5, 0.6) is 5.75 Å². The Labute approximate surface area is 484 Å². The number of carbonyl (C=O) groups is 2. The largest absolute Gasteiger partial charge is 0.455 e. The summed E-state index contributed by atoms with van der Waals surface area (Å²) in [5.74, 6) is -0.355. The molecule has 0 saturated carbocycles. The van der Waals surface area contributed by atoms with Gasteiger partial charge in [0.15, 0.2) is 5.75 Å². The predicted octanol–water partition coefficient (Wildman–Crippen LogP) is 6.53. The first-order valence-corrected chi connectivity index (χ1v) is 27.9. The van der Waals surface area contributed by atoms with Crippen LogP contribution in [0.4, 0.5) is 38.0 Å². The zero-order valence-electron chi connectivity index (χ0n) is 45.9. The number of nitro groups is 1. The molecule has 7 heterocycles. The Morgan fingerprint density at radius 1 is 0.726 bits per heavy atom. The molecule has 7 aliphatic heterocycles. The van der Waals surface area contributed by atoms with E-state index in [1.54, 1.807) is 0 Å². The van der Waals surface area contributed by atoms with Crippen LogP contribution in [0.1, 0.15) is 27.8 Å². The van der Waals surface area contributed by atoms with Gasteiger partial charge < -0.3 is 49.6 Å². The highest BCUT2D eigenvalue weighted by Gasteiger charge is 2.47. The van der Waals surface area contributed by atoms with Crippen LogP contribution in [0, 0.1) is 10.1 Å². The molecule has 2 amide bonds. The van der Waals surface area contributed by atoms with Crippen molar-refractivity contribution in [1.82, 2.24) is 20.5 Å². The second kappa shape index (κ2) is 23.8. The minimum absolute atomic E-state index is 0.0295. The molecule has 5 aromatic rings. The van der Waals surface area contributed by atoms with Gasteiger partial charge in [-0.2, -0.15) is 0 Å². The highest BCUT2D eigenvalue weighted by molar-refractivity contribution is 5.97. The molecule has 12 rings (SSSR count). The van der Waals surface area contributed by atoms with Crippen LogP contribution in [-0.2, 0) is 46.5 Å². The van der Waals surface area contributed by atoms with Crippen molar-refractivity contribution in [3.05, 3.63) is 225 Å². The summed E-state index contributed by atoms with van der Waals surface area (Å²) >= 11 is 0. The first-order chi connectivity index (χ1) is 40.9. The second-order valence-corrected chi connectivity index (χ2v) is 21.2. The topological polar surface area (TPSA) is 229 Å². The fourth-order valence-electron chi connectivity index (χ4n) is 11.7. The highest BCUT2D eigenvalue weighted by Crippen LogP contribution is 2.41. The number of rotatable bonds is 14. The molecule has 0 bridgehead atoms. The number of hydrogen-bond donors (Lipinski definition) is 5. The predicted molar refractivity (Wildman–Crippen MR) is 310 cm³/mol. The number of ether oxygens (including phenoxy) is 4. The van der Waals surface area contributed by atoms with E-state index in [9.17, 15) is 40.1 Å². The van der Waals surface area contributed by atoms with Gasteiger partial charge in [-0.1, -0.05) is 135 Å². The lowest BCUT2D eigenvalue weighted by Gasteiger charge is -2.39. The van der Waals surface area contributed by atoms with E-state index in [0.29, 0.717) is 32.2 Å². The van der Waals surface area contributed by atoms with Crippen molar-refractivity contribution in [2.75, 3.05) is 49.9 Å². The van der Waals surface area contributed by atoms with Gasteiger partial charge in [0.2, 0.25) is 29.1 Å². The number of hydrazine groups is 4. The summed E-state index contributed by atoms with van der Waals surface area (Å²) in [6.07, 6.45) is 12.3. The molecule has 7 aliphatic rings. The minimum atomic E-state index is -1.81. The van der Waals surface area contributed by atoms with Gasteiger partial charge in [0, 0.05) is 67.9 Å². The highest BCUT2D eigenvalue weighted by atomic mass is 16.7. The number of nitrogens with one attached hydrogen (secondary N) is 1. The molecule has 0 spiro atoms. The van der Waals surface area contributed by atoms with Crippen LogP contribution in [0.3, 0.4) is 0 Å². The third kappa shape index (κ3) is 10.9. The molecule has 21 nitrogen and oxygen atoms in total. The van der Waals surface area contributed by atoms with E-state index in [-0.39, 0.29) is 30.9 Å². The number of aliphatic hydroxyl groups is 4. The molecule has 84 heavy (non-hydrogen) atoms. The molecule has 0 aliphatic carbocycles. The minimum Gasteiger partial charge on any atom is -0.455 e. The average molecular weight is 1140 g/mol. The van der Waals surface area contributed by atoms with Gasteiger partial charge in [-0.15, -0.1) is 0 Å². The Balaban J connectivity index is 0.832. The molecule has 5 aromatic carbocycles. The van der Waals surface area contributed by atoms with Gasteiger partial charge in [0.05, 0.1) is 53.7 Å². The SMILES string of the molecule is CN(CC(CN1N2C(=CC=CC=CC3=[N+]1c1ccccc1C3)Cc1ccccc12)OC(=O)NCCN1N2C(=CC=CC=CC3=[N+]1c1ccccc1C3)Cc1ccccc12)C(=O)OCc1ccc(OC2OC(CO)[C@H](O)[C@H](O)[C@@H]2O)c([N+](=O)[O-])c1. The molecule has 21 heteroatoms. The molecule has 1 saturated heterocycles. The fraction of sp³-hybridized carbons (Fsp3) is 0.270. The van der Waals surface area contributed by atoms with Crippen molar-refractivity contribution < 1.29 is 63.3 Å². The van der Waals surface area contributed by atoms with Gasteiger partial charge in [0.1, 0.15) is 50.2 Å². The van der Waals surface area contributed by atoms with Gasteiger partial charge in [-0.3, -0.25) is 10.1 Å². The number of allylic oxidation sites excluding steroid dienone is 12. The van der Waals surface area contributed by atoms with Crippen LogP contribution in [0.25, 0.3) is 0 Å². The van der Waals surface area contributed by atoms with Gasteiger partial charge in [-0.05, 0) is 47.0 Å². The number of benzene rings is 5. The van der Waals surface area contributed by atoms with Gasteiger partial charge in [0.25, 0.3) is 0 Å². The molecule has 1 fully saturated rings. The van der Waals surface area contributed by atoms with E-state index in [1.807, 2.05) is 85.0 Å². The lowest BCUT2D eigenvalue weighted by molar-refractivity contribution is -0.624. The maximum absolute atomic E-state index is 14.7. The van der Waals surface area contributed by atoms with Crippen molar-refractivity contribution in [2.24, 2.45) is 0 Å². The quantitative estimate of drug-likeness (QED) is 0.0452. The number of fused-ring (bicyclic) bond motifs is 10. The molecule has 3 unspecified atom stereocenters. The smallest absolute Gasteiger partial charge is 0.409 e. The Bertz CT molecular complexity index is 3660. The lowest BCUT2D eigenvalue weighted by atomic mass is 9.99. The van der Waals surface area contributed by atoms with E-state index in [1.165, 1.54) is 35.2 Å². The number of nitrogens with zero attached hydrogens (tertiary/aromatic N) is 8. The normalized spacial score (nSPS) is 21.2. The summed E-state index contributed by atoms with van der Waals surface area (Å²) in [5.41, 5.74) is 12.1. The monoisotopic (exact) mass is 1140 g/mol. The maximum Gasteiger partial charge on any atom is 0.409 e. The molecular formula is C63H63N9O12+2. The standard InChI is InChI=1S/C63H62N9O12/c1-65(63(78)81-40-41-28-29-56(55(32-41)72(79)80)83-61-60(76)59(75)58(74)57(39-73)84-61)37-50(38-67-70-48(35-44-18-10-14-26-53(44)70)22-6-3-7-23-49-36-45-19-11-15-27-54(45)71(49)67)82-62(77)64-30-31-66-68-46(33-42-16-8-12-24-51(42)68)20-4-2-5-21-47-34-43-17-9-13-25-52(43)69(47)66/h2-29,32,50,57-61,73-76H,30-31,33-40H2,1H3/q+1/p+1/t50?,57?,58-,59-,60-,61?/m0/s1. The van der Waals surface area contributed by atoms with E-state index in [4.69, 9.17) is 18.9 Å². The molecule has 6 atom stereocenters. The van der Waals surface area contributed by atoms with Gasteiger partial charge >= 0.3 is 17.9 Å². The summed E-state index contributed by atoms with van der Waals surface area (Å²) in [6, 6.07) is 36.7. The molecule has 5 N–H and O–H groups in total. The van der Waals surface area contributed by atoms with Crippen molar-refractivity contribution in [1.29, 1.82) is 0 Å². The van der Waals surface area contributed by atoms with Crippen LogP contribution >= 0.6 is 0 Å². The second-order valence-electron chi connectivity index (χ2n) is 21.2. The van der Waals surface area contributed by atoms with E-state index in [2.05, 4.69) is 108 Å². The maximum atomic E-state index is 14.7. The number of aliphatic hydroxyl groups excluding tert-OH is 4. The van der Waals surface area contributed by atoms with Crippen LogP contribution < -0.4 is 20.1 Å². The third-order valence-corrected chi connectivity index (χ3v) is 15.7. The Morgan fingerprint density at radius 2 is 1.30 bits per heavy atom. The van der Waals surface area contributed by atoms with Crippen LogP contribution in [-0.4, -0.2) is 150 Å². The fourth-order valence-corrected chi connectivity index (χ4v) is 11.7. The first kappa shape index (κ1) is 55.2. The number of alkyl carbamates (subject to hydrolysis) is 1. The lowest BCUT2D eigenvalue weighted by Crippen LogP contribution is -2.60. The number of hydrazone groups is 2. The number of likely N-dealkylation sites (N-methyl/N-ethyl adjacent to an activating group) is 1. The average Bonchev–Trinajstić information content (AvgIpc) is 2.22. The van der Waals surface area contributed by atoms with E-state index in [0.717, 1.165) is 62.8 Å². The summed E-state index contributed by atoms with van der Waals surface area (Å²) in [4.78, 5) is 41.8. The zero-order valence-corrected chi connectivity index (χ0v) is 45.9. The van der Waals surface area contributed by atoms with Crippen molar-refractivity contribution in [2.45, 2.75) is 69.1 Å². The molecule has 430 valence electrons. The molecule has 0 aromatic heterocycles. The number of amides is 2. The number of carbonyl (C=O) groups excluding carboxylic acids is 2. The number of hydrogen-bond acceptors (Lipinski definition) is 16. The number of nitro benzene ring substituents is 1. The Kier molecular flexibility index (Phi) is 15.7. The van der Waals surface area contributed by atoms with Gasteiger partial charge in [-0.25, -0.2) is 19.6 Å². The number of anilines is 2.